The van der Waals surface area contributed by atoms with E-state index in [1.165, 1.54) is 27.8 Å². The fourth-order valence-electron chi connectivity index (χ4n) is 4.45. The minimum atomic E-state index is -4.50. The van der Waals surface area contributed by atoms with Crippen LogP contribution in [0.2, 0.25) is 0 Å². The number of amides is 1. The maximum absolute atomic E-state index is 12.8. The molecule has 10 nitrogen and oxygen atoms in total. The zero-order valence-corrected chi connectivity index (χ0v) is 25.1. The highest BCUT2D eigenvalue weighted by Gasteiger charge is 2.33. The summed E-state index contributed by atoms with van der Waals surface area (Å²) in [5, 5.41) is 3.22. The van der Waals surface area contributed by atoms with Crippen molar-refractivity contribution in [2.75, 3.05) is 31.1 Å². The largest absolute Gasteiger partial charge is 0.435 e. The summed E-state index contributed by atoms with van der Waals surface area (Å²) < 4.78 is 93.7. The third-order valence-electron chi connectivity index (χ3n) is 6.97. The van der Waals surface area contributed by atoms with Gasteiger partial charge in [0.1, 0.15) is 11.6 Å². The molecule has 17 heteroatoms. The molecule has 2 aromatic carbocycles. The van der Waals surface area contributed by atoms with Crippen LogP contribution >= 0.6 is 11.3 Å². The highest BCUT2D eigenvalue weighted by atomic mass is 32.2. The molecule has 3 heterocycles. The monoisotopic (exact) mass is 670 g/mol. The number of ether oxygens (including phenoxy) is 1. The molecule has 45 heavy (non-hydrogen) atoms. The van der Waals surface area contributed by atoms with E-state index >= 15 is 0 Å². The number of nitrogens with one attached hydrogen (secondary N) is 1. The Bertz CT molecular complexity index is 1710. The third kappa shape index (κ3) is 8.20. The molecule has 6 rings (SSSR count). The maximum Gasteiger partial charge on any atom is 0.416 e. The first-order valence-electron chi connectivity index (χ1n) is 13.7. The molecular formula is C28H27F5N6O4S2. The van der Waals surface area contributed by atoms with Crippen molar-refractivity contribution in [1.82, 2.24) is 24.6 Å². The predicted octanol–water partition coefficient (Wildman–Crippen LogP) is 5.03. The molecular weight excluding hydrogens is 643 g/mol. The van der Waals surface area contributed by atoms with Crippen LogP contribution in [0.25, 0.3) is 10.3 Å². The van der Waals surface area contributed by atoms with Crippen LogP contribution in [0.1, 0.15) is 35.7 Å². The van der Waals surface area contributed by atoms with Gasteiger partial charge in [0, 0.05) is 38.6 Å². The molecule has 4 aromatic rings. The summed E-state index contributed by atoms with van der Waals surface area (Å²) in [6.45, 7) is -1.13. The fourth-order valence-corrected chi connectivity index (χ4v) is 6.80. The van der Waals surface area contributed by atoms with Gasteiger partial charge in [0.2, 0.25) is 16.4 Å². The van der Waals surface area contributed by atoms with Crippen molar-refractivity contribution in [3.63, 3.8) is 0 Å². The smallest absolute Gasteiger partial charge is 0.416 e. The standard InChI is InChI=1S/C19H18F3N5O2S2.C9H9F2NO2/c20-19(21,22)13-3-5-14(6-4-13)31(28,29)27-9-7-26(8-10-27)18-25-17-15(30-18)11-23-16(24-17)12-1-2-12;10-9(11)14-8-3-1-7(2-4-8)5-12-6-13/h3-6,11-12H,1-2,7-10H2;1-4,6,9H,5H2,(H,12,13). The first kappa shape index (κ1) is 32.4. The summed E-state index contributed by atoms with van der Waals surface area (Å²) in [6.07, 6.45) is 0.0801. The Kier molecular flexibility index (Phi) is 9.79. The second-order valence-electron chi connectivity index (χ2n) is 10.1. The van der Waals surface area contributed by atoms with Crippen LogP contribution in [-0.2, 0) is 27.5 Å². The minimum Gasteiger partial charge on any atom is -0.435 e. The van der Waals surface area contributed by atoms with E-state index in [0.29, 0.717) is 37.6 Å². The van der Waals surface area contributed by atoms with Crippen molar-refractivity contribution in [1.29, 1.82) is 0 Å². The van der Waals surface area contributed by atoms with Crippen LogP contribution in [0.15, 0.2) is 59.6 Å². The van der Waals surface area contributed by atoms with Crippen LogP contribution in [0.3, 0.4) is 0 Å². The summed E-state index contributed by atoms with van der Waals surface area (Å²) in [5.41, 5.74) is 0.607. The van der Waals surface area contributed by atoms with Crippen molar-refractivity contribution in [3.05, 3.63) is 71.7 Å². The van der Waals surface area contributed by atoms with Gasteiger partial charge in [-0.25, -0.2) is 18.4 Å². The van der Waals surface area contributed by atoms with E-state index in [1.54, 1.807) is 18.3 Å². The van der Waals surface area contributed by atoms with Gasteiger partial charge in [-0.2, -0.15) is 31.2 Å². The zero-order valence-electron chi connectivity index (χ0n) is 23.5. The number of hydrogen-bond acceptors (Lipinski definition) is 9. The van der Waals surface area contributed by atoms with Gasteiger partial charge in [-0.15, -0.1) is 0 Å². The molecule has 0 bridgehead atoms. The Morgan fingerprint density at radius 3 is 2.24 bits per heavy atom. The first-order chi connectivity index (χ1) is 21.4. The number of halogens is 5. The molecule has 1 aliphatic carbocycles. The van der Waals surface area contributed by atoms with Gasteiger partial charge in [-0.05, 0) is 54.8 Å². The van der Waals surface area contributed by atoms with Gasteiger partial charge in [0.25, 0.3) is 0 Å². The number of thiazole rings is 1. The summed E-state index contributed by atoms with van der Waals surface area (Å²) in [7, 11) is -3.86. The summed E-state index contributed by atoms with van der Waals surface area (Å²) >= 11 is 1.47. The highest BCUT2D eigenvalue weighted by molar-refractivity contribution is 7.89. The zero-order chi connectivity index (χ0) is 32.2. The molecule has 1 N–H and O–H groups in total. The number of carbonyl (C=O) groups excluding carboxylic acids is 1. The Labute approximate surface area is 258 Å². The lowest BCUT2D eigenvalue weighted by Gasteiger charge is -2.33. The molecule has 0 unspecified atom stereocenters. The second kappa shape index (κ2) is 13.6. The number of rotatable bonds is 9. The molecule has 0 atom stereocenters. The molecule has 2 fully saturated rings. The molecule has 0 radical (unpaired) electrons. The fraction of sp³-hybridized carbons (Fsp3) is 0.357. The van der Waals surface area contributed by atoms with Gasteiger partial charge in [0.05, 0.1) is 21.4 Å². The van der Waals surface area contributed by atoms with E-state index in [4.69, 9.17) is 0 Å². The Morgan fingerprint density at radius 1 is 1.00 bits per heavy atom. The number of anilines is 1. The van der Waals surface area contributed by atoms with Crippen molar-refractivity contribution in [3.8, 4) is 5.75 Å². The molecule has 1 saturated heterocycles. The number of sulfonamides is 1. The van der Waals surface area contributed by atoms with Crippen LogP contribution in [0, 0.1) is 0 Å². The molecule has 2 aliphatic rings. The van der Waals surface area contributed by atoms with Gasteiger partial charge in [0.15, 0.2) is 10.8 Å². The lowest BCUT2D eigenvalue weighted by Crippen LogP contribution is -2.48. The highest BCUT2D eigenvalue weighted by Crippen LogP contribution is 2.39. The number of piperazine rings is 1. The van der Waals surface area contributed by atoms with Gasteiger partial charge >= 0.3 is 12.8 Å². The van der Waals surface area contributed by atoms with Crippen molar-refractivity contribution in [2.45, 2.75) is 43.0 Å². The summed E-state index contributed by atoms with van der Waals surface area (Å²) in [4.78, 5) is 25.4. The number of alkyl halides is 5. The molecule has 1 saturated carbocycles. The van der Waals surface area contributed by atoms with Gasteiger partial charge in [-0.1, -0.05) is 23.5 Å². The Hall–Kier alpha value is -3.96. The number of nitrogens with zero attached hydrogens (tertiary/aromatic N) is 5. The van der Waals surface area contributed by atoms with E-state index in [1.807, 2.05) is 4.90 Å². The predicted molar refractivity (Wildman–Crippen MR) is 156 cm³/mol. The third-order valence-corrected chi connectivity index (χ3v) is 9.92. The number of hydrogen-bond donors (Lipinski definition) is 1. The van der Waals surface area contributed by atoms with Crippen molar-refractivity contribution < 1.29 is 39.9 Å². The van der Waals surface area contributed by atoms with Crippen LogP contribution in [-0.4, -0.2) is 66.9 Å². The lowest BCUT2D eigenvalue weighted by atomic mass is 10.2. The molecule has 0 spiro atoms. The Balaban J connectivity index is 0.000000241. The SMILES string of the molecule is O=CNCc1ccc(OC(F)F)cc1.O=S(=O)(c1ccc(C(F)(F)F)cc1)N1CCN(c2nc3nc(C4CC4)ncc3s2)CC1. The summed E-state index contributed by atoms with van der Waals surface area (Å²) in [5.74, 6) is 1.38. The van der Waals surface area contributed by atoms with Gasteiger partial charge < -0.3 is 15.0 Å². The summed E-state index contributed by atoms with van der Waals surface area (Å²) in [6, 6.07) is 9.66. The minimum absolute atomic E-state index is 0.106. The topological polar surface area (TPSA) is 118 Å². The average Bonchev–Trinajstić information content (AvgIpc) is 3.79. The number of carbonyl (C=O) groups is 1. The normalized spacial score (nSPS) is 15.9. The van der Waals surface area contributed by atoms with Crippen LogP contribution < -0.4 is 15.0 Å². The molecule has 2 aromatic heterocycles. The van der Waals surface area contributed by atoms with E-state index < -0.39 is 28.4 Å². The number of aromatic nitrogens is 3. The first-order valence-corrected chi connectivity index (χ1v) is 16.0. The Morgan fingerprint density at radius 2 is 1.67 bits per heavy atom. The van der Waals surface area contributed by atoms with E-state index in [-0.39, 0.29) is 23.7 Å². The van der Waals surface area contributed by atoms with Crippen molar-refractivity contribution in [2.24, 2.45) is 0 Å². The van der Waals surface area contributed by atoms with Crippen LogP contribution in [0.5, 0.6) is 5.75 Å². The quantitative estimate of drug-likeness (QED) is 0.195. The van der Waals surface area contributed by atoms with E-state index in [2.05, 4.69) is 25.0 Å². The molecule has 240 valence electrons. The molecule has 1 amide bonds. The average molecular weight is 671 g/mol. The lowest BCUT2D eigenvalue weighted by molar-refractivity contribution is -0.137. The maximum atomic E-state index is 12.8. The van der Waals surface area contributed by atoms with Gasteiger partial charge in [-0.3, -0.25) is 4.79 Å². The van der Waals surface area contributed by atoms with E-state index in [0.717, 1.165) is 58.3 Å². The van der Waals surface area contributed by atoms with Crippen LogP contribution in [0.4, 0.5) is 27.1 Å². The van der Waals surface area contributed by atoms with E-state index in [9.17, 15) is 35.2 Å². The second-order valence-corrected chi connectivity index (χ2v) is 13.1. The number of benzene rings is 2. The number of fused-ring (bicyclic) bond motifs is 1. The van der Waals surface area contributed by atoms with Crippen molar-refractivity contribution >= 4 is 43.2 Å². The molecule has 1 aliphatic heterocycles.